The van der Waals surface area contributed by atoms with Gasteiger partial charge in [0.1, 0.15) is 5.76 Å². The van der Waals surface area contributed by atoms with Crippen molar-refractivity contribution in [3.63, 3.8) is 0 Å². The molecule has 0 spiro atoms. The molecular formula is C16H19N3O3. The molecule has 2 aromatic rings. The molecule has 0 saturated heterocycles. The Balaban J connectivity index is 1.95. The number of imide groups is 1. The maximum absolute atomic E-state index is 11.6. The summed E-state index contributed by atoms with van der Waals surface area (Å²) < 4.78 is 5.36. The van der Waals surface area contributed by atoms with Crippen LogP contribution in [0.3, 0.4) is 0 Å². The monoisotopic (exact) mass is 301 g/mol. The van der Waals surface area contributed by atoms with Crippen molar-refractivity contribution in [2.24, 2.45) is 5.73 Å². The molecule has 0 bridgehead atoms. The average Bonchev–Trinajstić information content (AvgIpc) is 2.98. The van der Waals surface area contributed by atoms with Crippen molar-refractivity contribution in [1.82, 2.24) is 10.2 Å². The highest BCUT2D eigenvalue weighted by Crippen LogP contribution is 2.11. The lowest BCUT2D eigenvalue weighted by molar-refractivity contribution is -0.120. The molecule has 0 fully saturated rings. The van der Waals surface area contributed by atoms with Gasteiger partial charge in [0.25, 0.3) is 0 Å². The fourth-order valence-corrected chi connectivity index (χ4v) is 2.14. The maximum atomic E-state index is 11.6. The molecule has 2 rings (SSSR count). The third-order valence-electron chi connectivity index (χ3n) is 3.13. The molecule has 116 valence electrons. The zero-order valence-corrected chi connectivity index (χ0v) is 12.2. The van der Waals surface area contributed by atoms with Gasteiger partial charge in [-0.1, -0.05) is 30.3 Å². The fraction of sp³-hybridized carbons (Fsp3) is 0.250. The highest BCUT2D eigenvalue weighted by molar-refractivity contribution is 5.93. The number of nitrogens with two attached hydrogens (primary N) is 1. The van der Waals surface area contributed by atoms with E-state index in [4.69, 9.17) is 10.2 Å². The van der Waals surface area contributed by atoms with Crippen LogP contribution in [0.4, 0.5) is 4.79 Å². The number of carbonyl (C=O) groups is 2. The Morgan fingerprint density at radius 2 is 1.86 bits per heavy atom. The van der Waals surface area contributed by atoms with Crippen LogP contribution in [-0.4, -0.2) is 23.4 Å². The zero-order valence-electron chi connectivity index (χ0n) is 12.2. The van der Waals surface area contributed by atoms with E-state index in [2.05, 4.69) is 10.2 Å². The molecule has 1 heterocycles. The topological polar surface area (TPSA) is 88.6 Å². The first-order valence-electron chi connectivity index (χ1n) is 7.01. The van der Waals surface area contributed by atoms with E-state index in [1.165, 1.54) is 0 Å². The number of amides is 3. The van der Waals surface area contributed by atoms with Gasteiger partial charge in [0.15, 0.2) is 0 Å². The summed E-state index contributed by atoms with van der Waals surface area (Å²) in [5.74, 6) is 0.441. The Bertz CT molecular complexity index is 596. The summed E-state index contributed by atoms with van der Waals surface area (Å²) in [5, 5.41) is 2.07. The number of nitrogens with zero attached hydrogens (tertiary/aromatic N) is 1. The number of hydrogen-bond acceptors (Lipinski definition) is 4. The molecular weight excluding hydrogens is 282 g/mol. The summed E-state index contributed by atoms with van der Waals surface area (Å²) in [6.07, 6.45) is 1.81. The van der Waals surface area contributed by atoms with Crippen molar-refractivity contribution in [3.8, 4) is 0 Å². The van der Waals surface area contributed by atoms with Crippen LogP contribution in [-0.2, 0) is 17.9 Å². The van der Waals surface area contributed by atoms with Gasteiger partial charge in [0.05, 0.1) is 12.8 Å². The predicted octanol–water partition coefficient (Wildman–Crippen LogP) is 1.87. The van der Waals surface area contributed by atoms with Crippen LogP contribution in [0.25, 0.3) is 0 Å². The van der Waals surface area contributed by atoms with Crippen LogP contribution in [0.15, 0.2) is 53.1 Å². The Kier molecular flexibility index (Phi) is 5.73. The summed E-state index contributed by atoms with van der Waals surface area (Å²) in [5.41, 5.74) is 6.08. The first kappa shape index (κ1) is 15.8. The molecule has 1 aromatic heterocycles. The van der Waals surface area contributed by atoms with Gasteiger partial charge in [-0.2, -0.15) is 0 Å². The number of furan rings is 1. The molecule has 0 radical (unpaired) electrons. The Hall–Kier alpha value is -2.60. The minimum absolute atomic E-state index is 0.191. The standard InChI is InChI=1S/C16H19N3O3/c17-16(21)18-15(20)8-9-19(12-14-7-4-10-22-14)11-13-5-2-1-3-6-13/h1-7,10H,8-9,11-12H2,(H3,17,18,20,21). The second-order valence-electron chi connectivity index (χ2n) is 4.94. The first-order valence-corrected chi connectivity index (χ1v) is 7.01. The first-order chi connectivity index (χ1) is 10.6. The zero-order chi connectivity index (χ0) is 15.8. The third-order valence-corrected chi connectivity index (χ3v) is 3.13. The van der Waals surface area contributed by atoms with Gasteiger partial charge in [0.2, 0.25) is 5.91 Å². The number of rotatable bonds is 7. The Labute approximate surface area is 128 Å². The smallest absolute Gasteiger partial charge is 0.318 e. The van der Waals surface area contributed by atoms with E-state index in [9.17, 15) is 9.59 Å². The Morgan fingerprint density at radius 3 is 2.50 bits per heavy atom. The van der Waals surface area contributed by atoms with E-state index in [1.807, 2.05) is 42.5 Å². The number of hydrogen-bond donors (Lipinski definition) is 2. The van der Waals surface area contributed by atoms with Crippen LogP contribution in [0.2, 0.25) is 0 Å². The van der Waals surface area contributed by atoms with E-state index in [1.54, 1.807) is 6.26 Å². The van der Waals surface area contributed by atoms with Crippen molar-refractivity contribution in [2.75, 3.05) is 6.54 Å². The lowest BCUT2D eigenvalue weighted by Gasteiger charge is -2.21. The molecule has 0 aliphatic heterocycles. The van der Waals surface area contributed by atoms with Gasteiger partial charge in [-0.3, -0.25) is 15.0 Å². The number of carbonyl (C=O) groups excluding carboxylic acids is 2. The minimum atomic E-state index is -0.828. The summed E-state index contributed by atoms with van der Waals surface area (Å²) in [7, 11) is 0. The van der Waals surface area contributed by atoms with Gasteiger partial charge in [-0.15, -0.1) is 0 Å². The maximum Gasteiger partial charge on any atom is 0.318 e. The van der Waals surface area contributed by atoms with Crippen LogP contribution < -0.4 is 11.1 Å². The van der Waals surface area contributed by atoms with Crippen molar-refractivity contribution in [3.05, 3.63) is 60.1 Å². The second kappa shape index (κ2) is 7.99. The molecule has 3 N–H and O–H groups in total. The highest BCUT2D eigenvalue weighted by atomic mass is 16.3. The van der Waals surface area contributed by atoms with Gasteiger partial charge in [0, 0.05) is 19.5 Å². The molecule has 0 saturated carbocycles. The molecule has 0 aliphatic rings. The second-order valence-corrected chi connectivity index (χ2v) is 4.94. The number of urea groups is 1. The van der Waals surface area contributed by atoms with Gasteiger partial charge in [-0.05, 0) is 17.7 Å². The van der Waals surface area contributed by atoms with Crippen LogP contribution in [0.1, 0.15) is 17.7 Å². The van der Waals surface area contributed by atoms with E-state index in [-0.39, 0.29) is 12.3 Å². The van der Waals surface area contributed by atoms with Crippen molar-refractivity contribution in [1.29, 1.82) is 0 Å². The molecule has 0 atom stereocenters. The lowest BCUT2D eigenvalue weighted by atomic mass is 10.2. The molecule has 0 unspecified atom stereocenters. The van der Waals surface area contributed by atoms with Crippen molar-refractivity contribution in [2.45, 2.75) is 19.5 Å². The largest absolute Gasteiger partial charge is 0.468 e. The summed E-state index contributed by atoms with van der Waals surface area (Å²) in [6.45, 7) is 1.77. The third kappa shape index (κ3) is 5.41. The van der Waals surface area contributed by atoms with E-state index in [0.29, 0.717) is 19.6 Å². The number of primary amides is 1. The fourth-order valence-electron chi connectivity index (χ4n) is 2.14. The summed E-state index contributed by atoms with van der Waals surface area (Å²) in [6, 6.07) is 12.8. The van der Waals surface area contributed by atoms with Gasteiger partial charge < -0.3 is 10.2 Å². The van der Waals surface area contributed by atoms with E-state index in [0.717, 1.165) is 11.3 Å². The van der Waals surface area contributed by atoms with Crippen molar-refractivity contribution >= 4 is 11.9 Å². The van der Waals surface area contributed by atoms with Gasteiger partial charge >= 0.3 is 6.03 Å². The van der Waals surface area contributed by atoms with E-state index >= 15 is 0 Å². The summed E-state index contributed by atoms with van der Waals surface area (Å²) in [4.78, 5) is 24.3. The average molecular weight is 301 g/mol. The van der Waals surface area contributed by atoms with Crippen LogP contribution >= 0.6 is 0 Å². The molecule has 1 aromatic carbocycles. The quantitative estimate of drug-likeness (QED) is 0.817. The van der Waals surface area contributed by atoms with Crippen molar-refractivity contribution < 1.29 is 14.0 Å². The lowest BCUT2D eigenvalue weighted by Crippen LogP contribution is -2.37. The van der Waals surface area contributed by atoms with E-state index < -0.39 is 6.03 Å². The number of benzene rings is 1. The van der Waals surface area contributed by atoms with Gasteiger partial charge in [-0.25, -0.2) is 4.79 Å². The molecule has 6 nitrogen and oxygen atoms in total. The minimum Gasteiger partial charge on any atom is -0.468 e. The molecule has 22 heavy (non-hydrogen) atoms. The van der Waals surface area contributed by atoms with Crippen LogP contribution in [0.5, 0.6) is 0 Å². The normalized spacial score (nSPS) is 10.6. The molecule has 0 aliphatic carbocycles. The molecule has 6 heteroatoms. The Morgan fingerprint density at radius 1 is 1.09 bits per heavy atom. The SMILES string of the molecule is NC(=O)NC(=O)CCN(Cc1ccccc1)Cc1ccco1. The van der Waals surface area contributed by atoms with Crippen LogP contribution in [0, 0.1) is 0 Å². The highest BCUT2D eigenvalue weighted by Gasteiger charge is 2.12. The molecule has 3 amide bonds. The summed E-state index contributed by atoms with van der Waals surface area (Å²) >= 11 is 0. The number of nitrogens with one attached hydrogen (secondary N) is 1. The predicted molar refractivity (Wildman–Crippen MR) is 81.6 cm³/mol.